The maximum Gasteiger partial charge on any atom is 0.164 e. The molecule has 0 aliphatic carbocycles. The summed E-state index contributed by atoms with van der Waals surface area (Å²) < 4.78 is 107. The molecule has 0 aliphatic heterocycles. The normalized spacial score (nSPS) is 14.3. The molecule has 4 nitrogen and oxygen atoms in total. The first-order valence-corrected chi connectivity index (χ1v) is 17.5. The summed E-state index contributed by atoms with van der Waals surface area (Å²) in [5.74, 6) is 0.993. The average Bonchev–Trinajstić information content (AvgIpc) is 3.71. The van der Waals surface area contributed by atoms with Gasteiger partial charge in [-0.1, -0.05) is 182 Å². The van der Waals surface area contributed by atoms with Crippen molar-refractivity contribution in [2.24, 2.45) is 0 Å². The Kier molecular flexibility index (Phi) is 5.52. The third kappa shape index (κ3) is 6.06. The van der Waals surface area contributed by atoms with Crippen molar-refractivity contribution in [1.29, 1.82) is 0 Å². The summed E-state index contributed by atoms with van der Waals surface area (Å²) >= 11 is 0. The molecule has 0 radical (unpaired) electrons. The fourth-order valence-corrected chi connectivity index (χ4v) is 6.82. The van der Waals surface area contributed by atoms with E-state index < -0.39 is 78.2 Å². The van der Waals surface area contributed by atoms with E-state index in [0.29, 0.717) is 28.3 Å². The summed E-state index contributed by atoms with van der Waals surface area (Å²) in [6.07, 6.45) is 0. The molecule has 10 aromatic rings. The summed E-state index contributed by atoms with van der Waals surface area (Å²) in [5, 5.41) is -0.357. The summed E-state index contributed by atoms with van der Waals surface area (Å²) in [6, 6.07) is 35.0. The molecule has 0 spiro atoms. The highest BCUT2D eigenvalue weighted by atomic mass is 15.0. The molecule has 2 heterocycles. The molecule has 0 N–H and O–H groups in total. The smallest absolute Gasteiger partial charge is 0.164 e. The molecule has 0 atom stereocenters. The molecule has 0 fully saturated rings. The Balaban J connectivity index is 1.23. The van der Waals surface area contributed by atoms with Crippen LogP contribution in [0.5, 0.6) is 0 Å². The van der Waals surface area contributed by atoms with Crippen molar-refractivity contribution in [3.05, 3.63) is 206 Å². The van der Waals surface area contributed by atoms with E-state index in [4.69, 9.17) is 28.7 Å². The van der Waals surface area contributed by atoms with E-state index in [1.165, 1.54) is 0 Å². The van der Waals surface area contributed by atoms with Crippen LogP contribution < -0.4 is 0 Å². The minimum Gasteiger partial charge on any atom is -0.309 e. The second-order valence-electron chi connectivity index (χ2n) is 12.8. The molecule has 0 amide bonds. The highest BCUT2D eigenvalue weighted by molar-refractivity contribution is 6.13. The molecule has 8 aromatic carbocycles. The van der Waals surface area contributed by atoms with Crippen molar-refractivity contribution in [3.8, 4) is 73.2 Å². The van der Waals surface area contributed by atoms with E-state index in [2.05, 4.69) is 0 Å². The number of rotatable bonds is 7. The number of aromatic nitrogens is 4. The number of para-hydroxylation sites is 3. The van der Waals surface area contributed by atoms with Crippen LogP contribution in [0.4, 0.5) is 0 Å². The minimum atomic E-state index is -0.699. The Hall–Kier alpha value is -7.43. The molecule has 4 heteroatoms. The zero-order valence-corrected chi connectivity index (χ0v) is 29.0. The zero-order chi connectivity index (χ0) is 47.0. The molecule has 2 aromatic heterocycles. The first kappa shape index (κ1) is 21.9. The van der Waals surface area contributed by atoms with Crippen molar-refractivity contribution >= 4 is 21.8 Å². The Bertz CT molecular complexity index is 3510. The van der Waals surface area contributed by atoms with E-state index in [9.17, 15) is 2.74 Å². The topological polar surface area (TPSA) is 43.6 Å². The number of benzene rings is 8. The van der Waals surface area contributed by atoms with Gasteiger partial charge in [-0.3, -0.25) is 0 Å². The standard InChI is InChI=1S/C51H34N4/c1-4-14-35(15-5-1)37-26-30-39(31-27-37)49-52-50(40-32-28-38(29-33-40)36-16-6-2-7-17-36)54-51(53-49)42-19-12-18-41(34-42)44-23-13-24-46-45-22-10-11-25-47(45)55(48(44)46)43-20-8-3-9-21-43/h1-34H/i3D,8D,9D,10D,11D,13D,20D,21D,22D,23D,24D,25D. The number of nitrogens with zero attached hydrogens (tertiary/aromatic N) is 4. The second-order valence-corrected chi connectivity index (χ2v) is 12.8. The minimum absolute atomic E-state index is 0.0276. The zero-order valence-electron chi connectivity index (χ0n) is 41.0. The summed E-state index contributed by atoms with van der Waals surface area (Å²) in [4.78, 5) is 14.9. The maximum atomic E-state index is 9.41. The molecule has 55 heavy (non-hydrogen) atoms. The lowest BCUT2D eigenvalue weighted by Gasteiger charge is -2.13. The van der Waals surface area contributed by atoms with Crippen molar-refractivity contribution in [2.45, 2.75) is 0 Å². The largest absolute Gasteiger partial charge is 0.309 e. The van der Waals surface area contributed by atoms with E-state index in [1.807, 2.05) is 109 Å². The third-order valence-electron chi connectivity index (χ3n) is 9.47. The van der Waals surface area contributed by atoms with Crippen LogP contribution >= 0.6 is 0 Å². The summed E-state index contributed by atoms with van der Waals surface area (Å²) in [6.45, 7) is 0. The highest BCUT2D eigenvalue weighted by Crippen LogP contribution is 2.39. The monoisotopic (exact) mass is 714 g/mol. The molecule has 10 rings (SSSR count). The van der Waals surface area contributed by atoms with Crippen LogP contribution in [0.1, 0.15) is 16.4 Å². The van der Waals surface area contributed by atoms with Crippen LogP contribution in [0.25, 0.3) is 95.0 Å². The Morgan fingerprint density at radius 3 is 1.45 bits per heavy atom. The molecular formula is C51H34N4. The Morgan fingerprint density at radius 2 is 0.836 bits per heavy atom. The lowest BCUT2D eigenvalue weighted by molar-refractivity contribution is 1.07. The molecule has 0 unspecified atom stereocenters. The molecular weight excluding hydrogens is 669 g/mol. The number of hydrogen-bond acceptors (Lipinski definition) is 3. The number of hydrogen-bond donors (Lipinski definition) is 0. The van der Waals surface area contributed by atoms with E-state index in [-0.39, 0.29) is 38.8 Å². The van der Waals surface area contributed by atoms with Crippen molar-refractivity contribution in [3.63, 3.8) is 0 Å². The van der Waals surface area contributed by atoms with Gasteiger partial charge in [-0.15, -0.1) is 0 Å². The van der Waals surface area contributed by atoms with E-state index in [0.717, 1.165) is 26.8 Å². The van der Waals surface area contributed by atoms with Crippen molar-refractivity contribution < 1.29 is 16.4 Å². The predicted octanol–water partition coefficient (Wildman–Crippen LogP) is 13.0. The fraction of sp³-hybridized carbons (Fsp3) is 0. The quantitative estimate of drug-likeness (QED) is 0.165. The Morgan fingerprint density at radius 1 is 0.364 bits per heavy atom. The van der Waals surface area contributed by atoms with Gasteiger partial charge in [0.05, 0.1) is 27.5 Å². The van der Waals surface area contributed by atoms with Gasteiger partial charge in [-0.05, 0) is 52.0 Å². The highest BCUT2D eigenvalue weighted by Gasteiger charge is 2.18. The van der Waals surface area contributed by atoms with Crippen LogP contribution in [-0.2, 0) is 0 Å². The average molecular weight is 715 g/mol. The van der Waals surface area contributed by atoms with Gasteiger partial charge in [0.15, 0.2) is 17.5 Å². The van der Waals surface area contributed by atoms with Crippen LogP contribution in [0.15, 0.2) is 206 Å². The van der Waals surface area contributed by atoms with E-state index in [1.54, 1.807) is 24.3 Å². The van der Waals surface area contributed by atoms with E-state index >= 15 is 0 Å². The van der Waals surface area contributed by atoms with Crippen LogP contribution in [-0.4, -0.2) is 19.5 Å². The predicted molar refractivity (Wildman–Crippen MR) is 227 cm³/mol. The van der Waals surface area contributed by atoms with Gasteiger partial charge in [0, 0.05) is 38.7 Å². The molecule has 0 saturated heterocycles. The van der Waals surface area contributed by atoms with Gasteiger partial charge in [-0.2, -0.15) is 0 Å². The molecule has 258 valence electrons. The SMILES string of the molecule is [2H]c1c([2H])c([2H])c(-n2c3c([2H])c([2H])c([2H])c([2H])c3c3c([2H])c([2H])c([2H])c(-c4cccc(-c5nc(-c6ccc(-c7ccccc7)cc6)nc(-c6ccc(-c7ccccc7)cc6)n5)c4)c32)c([2H])c1[2H]. The van der Waals surface area contributed by atoms with Crippen LogP contribution in [0.3, 0.4) is 0 Å². The van der Waals surface area contributed by atoms with Gasteiger partial charge in [0.1, 0.15) is 0 Å². The van der Waals surface area contributed by atoms with Crippen molar-refractivity contribution in [2.75, 3.05) is 0 Å². The first-order valence-electron chi connectivity index (χ1n) is 23.5. The fourth-order valence-electron chi connectivity index (χ4n) is 6.82. The van der Waals surface area contributed by atoms with Crippen LogP contribution in [0, 0.1) is 0 Å². The molecule has 0 bridgehead atoms. The summed E-state index contributed by atoms with van der Waals surface area (Å²) in [7, 11) is 0. The van der Waals surface area contributed by atoms with Gasteiger partial charge < -0.3 is 4.57 Å². The van der Waals surface area contributed by atoms with Gasteiger partial charge in [0.25, 0.3) is 0 Å². The maximum absolute atomic E-state index is 9.41. The molecule has 0 saturated carbocycles. The lowest BCUT2D eigenvalue weighted by Crippen LogP contribution is -2.00. The van der Waals surface area contributed by atoms with Gasteiger partial charge in [0.2, 0.25) is 0 Å². The van der Waals surface area contributed by atoms with Crippen LogP contribution in [0.2, 0.25) is 0 Å². The van der Waals surface area contributed by atoms with Crippen molar-refractivity contribution in [1.82, 2.24) is 19.5 Å². The third-order valence-corrected chi connectivity index (χ3v) is 9.47. The first-order chi connectivity index (χ1) is 32.2. The number of fused-ring (bicyclic) bond motifs is 3. The van der Waals surface area contributed by atoms with Gasteiger partial charge in [-0.25, -0.2) is 15.0 Å². The summed E-state index contributed by atoms with van der Waals surface area (Å²) in [5.41, 5.74) is 5.37. The molecule has 0 aliphatic rings. The lowest BCUT2D eigenvalue weighted by atomic mass is 9.99. The Labute approximate surface area is 336 Å². The van der Waals surface area contributed by atoms with Gasteiger partial charge >= 0.3 is 0 Å². The second kappa shape index (κ2) is 13.8.